The summed E-state index contributed by atoms with van der Waals surface area (Å²) in [7, 11) is 3.50. The molecule has 1 amide bonds. The molecule has 19 heavy (non-hydrogen) atoms. The Kier molecular flexibility index (Phi) is 4.16. The molecular formula is C14H18N2O3. The maximum absolute atomic E-state index is 12.2. The number of Topliss-reactive ketones (excluding diaryl/α,β-unsaturated/α-hetero) is 1. The smallest absolute Gasteiger partial charge is 0.295 e. The van der Waals surface area contributed by atoms with E-state index in [1.807, 2.05) is 7.05 Å². The van der Waals surface area contributed by atoms with E-state index in [1.54, 1.807) is 29.2 Å². The summed E-state index contributed by atoms with van der Waals surface area (Å²) in [4.78, 5) is 28.1. The predicted octanol–water partition coefficient (Wildman–Crippen LogP) is 0.652. The van der Waals surface area contributed by atoms with Gasteiger partial charge < -0.3 is 14.5 Å². The molecule has 0 spiro atoms. The summed E-state index contributed by atoms with van der Waals surface area (Å²) < 4.78 is 5.12. The molecule has 1 saturated heterocycles. The van der Waals surface area contributed by atoms with Gasteiger partial charge in [0.1, 0.15) is 5.75 Å². The van der Waals surface area contributed by atoms with E-state index >= 15 is 0 Å². The van der Waals surface area contributed by atoms with Crippen molar-refractivity contribution >= 4 is 11.7 Å². The van der Waals surface area contributed by atoms with Gasteiger partial charge in [0.05, 0.1) is 12.7 Å². The summed E-state index contributed by atoms with van der Waals surface area (Å²) in [6.07, 6.45) is 0. The average Bonchev–Trinajstić information content (AvgIpc) is 2.46. The van der Waals surface area contributed by atoms with Crippen molar-refractivity contribution < 1.29 is 14.3 Å². The van der Waals surface area contributed by atoms with Crippen LogP contribution in [0.15, 0.2) is 24.3 Å². The molecule has 0 bridgehead atoms. The van der Waals surface area contributed by atoms with Crippen molar-refractivity contribution in [2.45, 2.75) is 0 Å². The van der Waals surface area contributed by atoms with Crippen LogP contribution >= 0.6 is 0 Å². The second-order valence-corrected chi connectivity index (χ2v) is 4.62. The lowest BCUT2D eigenvalue weighted by Crippen LogP contribution is -2.49. The SMILES string of the molecule is COc1ccccc1C(=O)C(=O)N1CCN(C)CC1. The van der Waals surface area contributed by atoms with Gasteiger partial charge in [0.25, 0.3) is 11.7 Å². The molecule has 1 aliphatic heterocycles. The van der Waals surface area contributed by atoms with Gasteiger partial charge in [-0.15, -0.1) is 0 Å². The number of methoxy groups -OCH3 is 1. The Labute approximate surface area is 112 Å². The maximum atomic E-state index is 12.2. The number of ketones is 1. The van der Waals surface area contributed by atoms with Gasteiger partial charge >= 0.3 is 0 Å². The minimum atomic E-state index is -0.498. The number of rotatable bonds is 3. The van der Waals surface area contributed by atoms with Crippen molar-refractivity contribution in [2.24, 2.45) is 0 Å². The van der Waals surface area contributed by atoms with E-state index in [4.69, 9.17) is 4.74 Å². The Bertz CT molecular complexity index is 479. The summed E-state index contributed by atoms with van der Waals surface area (Å²) in [6, 6.07) is 6.81. The Morgan fingerprint density at radius 1 is 1.11 bits per heavy atom. The zero-order valence-corrected chi connectivity index (χ0v) is 11.3. The third-order valence-electron chi connectivity index (χ3n) is 3.34. The van der Waals surface area contributed by atoms with Crippen LogP contribution < -0.4 is 4.74 Å². The van der Waals surface area contributed by atoms with Crippen molar-refractivity contribution in [3.05, 3.63) is 29.8 Å². The van der Waals surface area contributed by atoms with E-state index in [0.29, 0.717) is 24.4 Å². The van der Waals surface area contributed by atoms with Crippen LogP contribution in [0.25, 0.3) is 0 Å². The number of piperazine rings is 1. The highest BCUT2D eigenvalue weighted by Gasteiger charge is 2.27. The molecule has 2 rings (SSSR count). The lowest BCUT2D eigenvalue weighted by molar-refractivity contribution is -0.127. The maximum Gasteiger partial charge on any atom is 0.295 e. The molecule has 0 N–H and O–H groups in total. The second kappa shape index (κ2) is 5.84. The Morgan fingerprint density at radius 3 is 2.37 bits per heavy atom. The first kappa shape index (κ1) is 13.5. The fourth-order valence-electron chi connectivity index (χ4n) is 2.10. The van der Waals surface area contributed by atoms with Crippen LogP contribution in [0.5, 0.6) is 5.75 Å². The van der Waals surface area contributed by atoms with Crippen molar-refractivity contribution in [1.82, 2.24) is 9.80 Å². The zero-order chi connectivity index (χ0) is 13.8. The van der Waals surface area contributed by atoms with E-state index in [2.05, 4.69) is 4.90 Å². The number of benzene rings is 1. The molecule has 102 valence electrons. The molecule has 5 nitrogen and oxygen atoms in total. The van der Waals surface area contributed by atoms with Gasteiger partial charge in [-0.25, -0.2) is 0 Å². The van der Waals surface area contributed by atoms with Crippen LogP contribution in [0.1, 0.15) is 10.4 Å². The summed E-state index contributed by atoms with van der Waals surface area (Å²) in [5.74, 6) is -0.505. The number of carbonyl (C=O) groups is 2. The molecule has 1 aromatic rings. The first-order valence-corrected chi connectivity index (χ1v) is 6.28. The summed E-state index contributed by atoms with van der Waals surface area (Å²) in [5.41, 5.74) is 0.328. The highest BCUT2D eigenvalue weighted by atomic mass is 16.5. The summed E-state index contributed by atoms with van der Waals surface area (Å²) in [6.45, 7) is 2.78. The van der Waals surface area contributed by atoms with Crippen LogP contribution in [0, 0.1) is 0 Å². The quantitative estimate of drug-likeness (QED) is 0.593. The first-order chi connectivity index (χ1) is 9.13. The molecule has 1 aromatic carbocycles. The number of carbonyl (C=O) groups excluding carboxylic acids is 2. The Morgan fingerprint density at radius 2 is 1.74 bits per heavy atom. The molecule has 1 aliphatic rings. The number of ether oxygens (including phenoxy) is 1. The first-order valence-electron chi connectivity index (χ1n) is 6.28. The van der Waals surface area contributed by atoms with E-state index in [-0.39, 0.29) is 0 Å². The largest absolute Gasteiger partial charge is 0.496 e. The molecule has 0 aliphatic carbocycles. The van der Waals surface area contributed by atoms with Crippen LogP contribution in [-0.4, -0.2) is 61.8 Å². The zero-order valence-electron chi connectivity index (χ0n) is 11.3. The number of hydrogen-bond acceptors (Lipinski definition) is 4. The van der Waals surface area contributed by atoms with E-state index in [9.17, 15) is 9.59 Å². The fourth-order valence-corrected chi connectivity index (χ4v) is 2.10. The molecule has 0 radical (unpaired) electrons. The highest BCUT2D eigenvalue weighted by molar-refractivity contribution is 6.43. The molecular weight excluding hydrogens is 244 g/mol. The van der Waals surface area contributed by atoms with Crippen LogP contribution in [0.4, 0.5) is 0 Å². The topological polar surface area (TPSA) is 49.9 Å². The molecule has 5 heteroatoms. The number of amides is 1. The number of nitrogens with zero attached hydrogens (tertiary/aromatic N) is 2. The second-order valence-electron chi connectivity index (χ2n) is 4.62. The third kappa shape index (κ3) is 2.93. The van der Waals surface area contributed by atoms with E-state index < -0.39 is 11.7 Å². The monoisotopic (exact) mass is 262 g/mol. The normalized spacial score (nSPS) is 16.2. The van der Waals surface area contributed by atoms with E-state index in [0.717, 1.165) is 13.1 Å². The predicted molar refractivity (Wildman–Crippen MR) is 71.4 cm³/mol. The number of hydrogen-bond donors (Lipinski definition) is 0. The average molecular weight is 262 g/mol. The number of para-hydroxylation sites is 1. The molecule has 0 saturated carbocycles. The van der Waals surface area contributed by atoms with Crippen molar-refractivity contribution in [3.8, 4) is 5.75 Å². The van der Waals surface area contributed by atoms with Gasteiger partial charge in [0.15, 0.2) is 0 Å². The third-order valence-corrected chi connectivity index (χ3v) is 3.34. The van der Waals surface area contributed by atoms with Crippen LogP contribution in [0.3, 0.4) is 0 Å². The van der Waals surface area contributed by atoms with Gasteiger partial charge in [-0.1, -0.05) is 12.1 Å². The van der Waals surface area contributed by atoms with E-state index in [1.165, 1.54) is 7.11 Å². The minimum absolute atomic E-state index is 0.328. The lowest BCUT2D eigenvalue weighted by atomic mass is 10.1. The van der Waals surface area contributed by atoms with Crippen LogP contribution in [0.2, 0.25) is 0 Å². The van der Waals surface area contributed by atoms with Crippen LogP contribution in [-0.2, 0) is 4.79 Å². The molecule has 0 atom stereocenters. The van der Waals surface area contributed by atoms with Gasteiger partial charge in [0.2, 0.25) is 0 Å². The molecule has 0 unspecified atom stereocenters. The Hall–Kier alpha value is -1.88. The molecule has 0 aromatic heterocycles. The highest BCUT2D eigenvalue weighted by Crippen LogP contribution is 2.18. The number of likely N-dealkylation sites (N-methyl/N-ethyl adjacent to an activating group) is 1. The fraction of sp³-hybridized carbons (Fsp3) is 0.429. The van der Waals surface area contributed by atoms with Crippen molar-refractivity contribution in [1.29, 1.82) is 0 Å². The lowest BCUT2D eigenvalue weighted by Gasteiger charge is -2.31. The van der Waals surface area contributed by atoms with Gasteiger partial charge in [0, 0.05) is 26.2 Å². The summed E-state index contributed by atoms with van der Waals surface area (Å²) in [5, 5.41) is 0. The van der Waals surface area contributed by atoms with Crippen molar-refractivity contribution in [3.63, 3.8) is 0 Å². The standard InChI is InChI=1S/C14H18N2O3/c1-15-7-9-16(10-8-15)14(18)13(17)11-5-3-4-6-12(11)19-2/h3-6H,7-10H2,1-2H3. The van der Waals surface area contributed by atoms with Gasteiger partial charge in [-0.2, -0.15) is 0 Å². The van der Waals surface area contributed by atoms with Crippen molar-refractivity contribution in [2.75, 3.05) is 40.3 Å². The minimum Gasteiger partial charge on any atom is -0.496 e. The van der Waals surface area contributed by atoms with Gasteiger partial charge in [-0.05, 0) is 19.2 Å². The molecule has 1 heterocycles. The summed E-state index contributed by atoms with van der Waals surface area (Å²) >= 11 is 0. The Balaban J connectivity index is 2.13. The molecule has 1 fully saturated rings. The van der Waals surface area contributed by atoms with Gasteiger partial charge in [-0.3, -0.25) is 9.59 Å².